The molecule has 1 aromatic rings. The van der Waals surface area contributed by atoms with E-state index >= 15 is 0 Å². The summed E-state index contributed by atoms with van der Waals surface area (Å²) in [6.45, 7) is -0.328. The molecule has 0 unspecified atom stereocenters. The summed E-state index contributed by atoms with van der Waals surface area (Å²) in [5.74, 6) is 0.932. The second kappa shape index (κ2) is 5.36. The first-order valence-corrected chi connectivity index (χ1v) is 4.14. The average molecular weight is 199 g/mol. The SMILES string of the molecule is COc1cc(NC(CO)CO)ncn1. The molecule has 1 heterocycles. The second-order valence-electron chi connectivity index (χ2n) is 2.65. The summed E-state index contributed by atoms with van der Waals surface area (Å²) in [6.07, 6.45) is 1.34. The maximum atomic E-state index is 8.82. The van der Waals surface area contributed by atoms with Gasteiger partial charge >= 0.3 is 0 Å². The quantitative estimate of drug-likeness (QED) is 0.578. The van der Waals surface area contributed by atoms with Gasteiger partial charge in [-0.05, 0) is 0 Å². The Bertz CT molecular complexity index is 278. The van der Waals surface area contributed by atoms with Gasteiger partial charge in [0.2, 0.25) is 5.88 Å². The van der Waals surface area contributed by atoms with Crippen LogP contribution in [0.15, 0.2) is 12.4 Å². The lowest BCUT2D eigenvalue weighted by molar-refractivity contribution is 0.203. The van der Waals surface area contributed by atoms with Gasteiger partial charge in [0, 0.05) is 6.07 Å². The van der Waals surface area contributed by atoms with Crippen molar-refractivity contribution in [1.29, 1.82) is 0 Å². The molecular formula is C8H13N3O3. The number of hydrogen-bond donors (Lipinski definition) is 3. The summed E-state index contributed by atoms with van der Waals surface area (Å²) in [5.41, 5.74) is 0. The van der Waals surface area contributed by atoms with E-state index in [2.05, 4.69) is 15.3 Å². The fraction of sp³-hybridized carbons (Fsp3) is 0.500. The predicted molar refractivity (Wildman–Crippen MR) is 50.2 cm³/mol. The lowest BCUT2D eigenvalue weighted by Gasteiger charge is -2.13. The maximum Gasteiger partial charge on any atom is 0.218 e. The van der Waals surface area contributed by atoms with Crippen LogP contribution in [-0.4, -0.2) is 46.5 Å². The highest BCUT2D eigenvalue weighted by molar-refractivity contribution is 5.38. The lowest BCUT2D eigenvalue weighted by atomic mass is 10.3. The first-order valence-electron chi connectivity index (χ1n) is 4.14. The van der Waals surface area contributed by atoms with Crippen LogP contribution in [0.3, 0.4) is 0 Å². The van der Waals surface area contributed by atoms with Gasteiger partial charge in [0.1, 0.15) is 12.1 Å². The molecule has 1 aromatic heterocycles. The molecule has 0 aliphatic carbocycles. The molecule has 0 aliphatic rings. The first-order chi connectivity index (χ1) is 6.80. The fourth-order valence-corrected chi connectivity index (χ4v) is 0.888. The molecule has 0 radical (unpaired) electrons. The van der Waals surface area contributed by atoms with Crippen LogP contribution in [0.25, 0.3) is 0 Å². The number of hydrogen-bond acceptors (Lipinski definition) is 6. The summed E-state index contributed by atoms with van der Waals surface area (Å²) in [4.78, 5) is 7.72. The minimum absolute atomic E-state index is 0.164. The summed E-state index contributed by atoms with van der Waals surface area (Å²) >= 11 is 0. The van der Waals surface area contributed by atoms with E-state index in [-0.39, 0.29) is 13.2 Å². The Labute approximate surface area is 81.6 Å². The zero-order valence-corrected chi connectivity index (χ0v) is 7.84. The third kappa shape index (κ3) is 2.82. The monoisotopic (exact) mass is 199 g/mol. The van der Waals surface area contributed by atoms with E-state index in [9.17, 15) is 0 Å². The van der Waals surface area contributed by atoms with Crippen molar-refractivity contribution in [3.63, 3.8) is 0 Å². The van der Waals surface area contributed by atoms with Crippen LogP contribution >= 0.6 is 0 Å². The van der Waals surface area contributed by atoms with Gasteiger partial charge in [-0.3, -0.25) is 0 Å². The summed E-state index contributed by atoms with van der Waals surface area (Å²) in [6, 6.07) is 1.16. The predicted octanol–water partition coefficient (Wildman–Crippen LogP) is -0.750. The molecule has 0 fully saturated rings. The minimum Gasteiger partial charge on any atom is -0.481 e. The third-order valence-electron chi connectivity index (χ3n) is 1.64. The van der Waals surface area contributed by atoms with Crippen LogP contribution in [0.4, 0.5) is 5.82 Å². The zero-order valence-electron chi connectivity index (χ0n) is 7.84. The third-order valence-corrected chi connectivity index (χ3v) is 1.64. The van der Waals surface area contributed by atoms with Gasteiger partial charge in [-0.15, -0.1) is 0 Å². The standard InChI is InChI=1S/C8H13N3O3/c1-14-8-2-7(9-5-10-8)11-6(3-12)4-13/h2,5-6,12-13H,3-4H2,1H3,(H,9,10,11). The molecule has 0 spiro atoms. The van der Waals surface area contributed by atoms with Gasteiger partial charge in [-0.2, -0.15) is 0 Å². The van der Waals surface area contributed by atoms with Crippen molar-refractivity contribution < 1.29 is 14.9 Å². The van der Waals surface area contributed by atoms with E-state index in [4.69, 9.17) is 14.9 Å². The van der Waals surface area contributed by atoms with E-state index in [1.165, 1.54) is 13.4 Å². The molecule has 6 nitrogen and oxygen atoms in total. The van der Waals surface area contributed by atoms with Crippen molar-refractivity contribution in [3.05, 3.63) is 12.4 Å². The number of ether oxygens (including phenoxy) is 1. The Kier molecular flexibility index (Phi) is 4.09. The van der Waals surface area contributed by atoms with Crippen molar-refractivity contribution >= 4 is 5.82 Å². The molecule has 0 saturated carbocycles. The number of anilines is 1. The topological polar surface area (TPSA) is 87.5 Å². The maximum absolute atomic E-state index is 8.82. The molecule has 1 rings (SSSR count). The molecule has 6 heteroatoms. The van der Waals surface area contributed by atoms with E-state index in [0.717, 1.165) is 0 Å². The molecule has 14 heavy (non-hydrogen) atoms. The molecule has 78 valence electrons. The summed E-state index contributed by atoms with van der Waals surface area (Å²) in [5, 5.41) is 20.5. The van der Waals surface area contributed by atoms with Crippen molar-refractivity contribution in [2.24, 2.45) is 0 Å². The van der Waals surface area contributed by atoms with Crippen LogP contribution < -0.4 is 10.1 Å². The molecule has 0 atom stereocenters. The molecular weight excluding hydrogens is 186 g/mol. The normalized spacial score (nSPS) is 10.3. The van der Waals surface area contributed by atoms with Crippen molar-refractivity contribution in [2.75, 3.05) is 25.6 Å². The number of rotatable bonds is 5. The molecule has 0 aliphatic heterocycles. The first kappa shape index (κ1) is 10.7. The molecule has 0 aromatic carbocycles. The molecule has 0 bridgehead atoms. The summed E-state index contributed by atoms with van der Waals surface area (Å²) in [7, 11) is 1.50. The highest BCUT2D eigenvalue weighted by Gasteiger charge is 2.06. The van der Waals surface area contributed by atoms with Gasteiger partial charge in [-0.25, -0.2) is 9.97 Å². The summed E-state index contributed by atoms with van der Waals surface area (Å²) < 4.78 is 4.89. The smallest absolute Gasteiger partial charge is 0.218 e. The van der Waals surface area contributed by atoms with E-state index in [0.29, 0.717) is 11.7 Å². The van der Waals surface area contributed by atoms with E-state index < -0.39 is 6.04 Å². The Balaban J connectivity index is 2.65. The lowest BCUT2D eigenvalue weighted by Crippen LogP contribution is -2.28. The highest BCUT2D eigenvalue weighted by Crippen LogP contribution is 2.10. The van der Waals surface area contributed by atoms with Crippen molar-refractivity contribution in [1.82, 2.24) is 9.97 Å². The number of aliphatic hydroxyl groups excluding tert-OH is 2. The second-order valence-corrected chi connectivity index (χ2v) is 2.65. The minimum atomic E-state index is -0.422. The Morgan fingerprint density at radius 2 is 2.14 bits per heavy atom. The van der Waals surface area contributed by atoms with Crippen LogP contribution in [0, 0.1) is 0 Å². The van der Waals surface area contributed by atoms with Gasteiger partial charge in [-0.1, -0.05) is 0 Å². The Morgan fingerprint density at radius 1 is 1.43 bits per heavy atom. The molecule has 0 amide bonds. The number of nitrogens with one attached hydrogen (secondary N) is 1. The van der Waals surface area contributed by atoms with Crippen LogP contribution in [-0.2, 0) is 0 Å². The van der Waals surface area contributed by atoms with Gasteiger partial charge < -0.3 is 20.3 Å². The average Bonchev–Trinajstić information content (AvgIpc) is 2.26. The molecule has 0 saturated heterocycles. The van der Waals surface area contributed by atoms with Crippen molar-refractivity contribution in [2.45, 2.75) is 6.04 Å². The highest BCUT2D eigenvalue weighted by atomic mass is 16.5. The number of methoxy groups -OCH3 is 1. The molecule has 3 N–H and O–H groups in total. The largest absolute Gasteiger partial charge is 0.481 e. The van der Waals surface area contributed by atoms with E-state index in [1.807, 2.05) is 0 Å². The van der Waals surface area contributed by atoms with Crippen molar-refractivity contribution in [3.8, 4) is 5.88 Å². The van der Waals surface area contributed by atoms with Crippen LogP contribution in [0.5, 0.6) is 5.88 Å². The van der Waals surface area contributed by atoms with Crippen LogP contribution in [0.2, 0.25) is 0 Å². The van der Waals surface area contributed by atoms with Gasteiger partial charge in [0.15, 0.2) is 0 Å². The van der Waals surface area contributed by atoms with Gasteiger partial charge in [0.05, 0.1) is 26.4 Å². The fourth-order valence-electron chi connectivity index (χ4n) is 0.888. The number of aromatic nitrogens is 2. The number of nitrogens with zero attached hydrogens (tertiary/aromatic N) is 2. The Morgan fingerprint density at radius 3 is 2.71 bits per heavy atom. The van der Waals surface area contributed by atoms with E-state index in [1.54, 1.807) is 6.07 Å². The zero-order chi connectivity index (χ0) is 10.4. The number of aliphatic hydroxyl groups is 2. The van der Waals surface area contributed by atoms with Gasteiger partial charge in [0.25, 0.3) is 0 Å². The Hall–Kier alpha value is -1.40. The van der Waals surface area contributed by atoms with Crippen LogP contribution in [0.1, 0.15) is 0 Å².